The average molecular weight is 258 g/mol. The van der Waals surface area contributed by atoms with Gasteiger partial charge in [-0.3, -0.25) is 0 Å². The van der Waals surface area contributed by atoms with Crippen molar-refractivity contribution in [3.05, 3.63) is 36.0 Å². The van der Waals surface area contributed by atoms with Crippen molar-refractivity contribution >= 4 is 16.9 Å². The first-order chi connectivity index (χ1) is 9.20. The fourth-order valence-electron chi connectivity index (χ4n) is 2.62. The number of amides is 2. The fourth-order valence-corrected chi connectivity index (χ4v) is 2.62. The highest BCUT2D eigenvalue weighted by molar-refractivity contribution is 5.85. The van der Waals surface area contributed by atoms with E-state index in [4.69, 9.17) is 5.73 Å². The van der Waals surface area contributed by atoms with Crippen LogP contribution in [-0.2, 0) is 0 Å². The van der Waals surface area contributed by atoms with Crippen molar-refractivity contribution in [2.24, 2.45) is 5.73 Å². The summed E-state index contributed by atoms with van der Waals surface area (Å²) in [6, 6.07) is 8.18. The summed E-state index contributed by atoms with van der Waals surface area (Å²) in [6.45, 7) is 3.12. The van der Waals surface area contributed by atoms with Gasteiger partial charge in [0.1, 0.15) is 0 Å². The zero-order valence-electron chi connectivity index (χ0n) is 10.9. The Bertz CT molecular complexity index is 606. The average Bonchev–Trinajstić information content (AvgIpc) is 3.01. The Hall–Kier alpha value is -2.01. The first-order valence-corrected chi connectivity index (χ1v) is 6.54. The van der Waals surface area contributed by atoms with Crippen LogP contribution in [0.25, 0.3) is 10.9 Å². The number of aromatic nitrogens is 1. The molecule has 0 bridgehead atoms. The largest absolute Gasteiger partial charge is 0.361 e. The molecule has 5 nitrogen and oxygen atoms in total. The van der Waals surface area contributed by atoms with Gasteiger partial charge in [-0.25, -0.2) is 4.79 Å². The summed E-state index contributed by atoms with van der Waals surface area (Å²) in [5.74, 6) is 0. The predicted octanol–water partition coefficient (Wildman–Crippen LogP) is 1.58. The smallest absolute Gasteiger partial charge is 0.318 e. The number of carbonyl (C=O) groups excluding carboxylic acids is 1. The summed E-state index contributed by atoms with van der Waals surface area (Å²) >= 11 is 0. The van der Waals surface area contributed by atoms with Crippen molar-refractivity contribution in [1.82, 2.24) is 15.2 Å². The molecule has 1 aliphatic rings. The number of hydrogen-bond donors (Lipinski definition) is 3. The lowest BCUT2D eigenvalue weighted by Crippen LogP contribution is -2.40. The number of benzene rings is 1. The summed E-state index contributed by atoms with van der Waals surface area (Å²) in [5.41, 5.74) is 7.87. The molecule has 1 saturated heterocycles. The van der Waals surface area contributed by atoms with Crippen LogP contribution in [0.3, 0.4) is 0 Å². The molecule has 100 valence electrons. The van der Waals surface area contributed by atoms with Gasteiger partial charge in [-0.1, -0.05) is 18.2 Å². The third-order valence-corrected chi connectivity index (χ3v) is 3.81. The molecule has 0 saturated carbocycles. The van der Waals surface area contributed by atoms with Crippen molar-refractivity contribution < 1.29 is 4.79 Å². The third-order valence-electron chi connectivity index (χ3n) is 3.81. The number of carbonyl (C=O) groups is 1. The number of H-pyrrole nitrogens is 1. The van der Waals surface area contributed by atoms with E-state index in [0.29, 0.717) is 13.1 Å². The van der Waals surface area contributed by atoms with Crippen molar-refractivity contribution in [2.75, 3.05) is 13.1 Å². The molecule has 5 heteroatoms. The summed E-state index contributed by atoms with van der Waals surface area (Å²) < 4.78 is 0. The van der Waals surface area contributed by atoms with Crippen LogP contribution in [0.1, 0.15) is 18.5 Å². The van der Waals surface area contributed by atoms with E-state index >= 15 is 0 Å². The number of hydrogen-bond acceptors (Lipinski definition) is 2. The molecular formula is C14H18N4O. The van der Waals surface area contributed by atoms with Crippen LogP contribution in [0.5, 0.6) is 0 Å². The normalized spacial score (nSPS) is 20.8. The Labute approximate surface area is 111 Å². The molecule has 0 spiro atoms. The van der Waals surface area contributed by atoms with Crippen LogP contribution < -0.4 is 11.1 Å². The monoisotopic (exact) mass is 258 g/mol. The second kappa shape index (κ2) is 4.59. The number of nitrogens with two attached hydrogens (primary N) is 1. The molecule has 0 radical (unpaired) electrons. The molecule has 2 amide bonds. The minimum atomic E-state index is -0.0340. The molecule has 19 heavy (non-hydrogen) atoms. The minimum Gasteiger partial charge on any atom is -0.361 e. The molecule has 0 aliphatic carbocycles. The number of nitrogens with zero attached hydrogens (tertiary/aromatic N) is 1. The topological polar surface area (TPSA) is 74.2 Å². The molecule has 1 aromatic carbocycles. The van der Waals surface area contributed by atoms with Crippen molar-refractivity contribution in [1.29, 1.82) is 0 Å². The highest BCUT2D eigenvalue weighted by atomic mass is 16.2. The number of urea groups is 1. The van der Waals surface area contributed by atoms with E-state index in [1.54, 1.807) is 4.90 Å². The lowest BCUT2D eigenvalue weighted by Gasteiger charge is -2.21. The highest BCUT2D eigenvalue weighted by Gasteiger charge is 2.33. The van der Waals surface area contributed by atoms with Gasteiger partial charge in [0.15, 0.2) is 0 Å². The van der Waals surface area contributed by atoms with E-state index in [1.165, 1.54) is 0 Å². The molecule has 1 aromatic heterocycles. The van der Waals surface area contributed by atoms with Gasteiger partial charge in [-0.2, -0.15) is 0 Å². The first kappa shape index (κ1) is 12.0. The Balaban J connectivity index is 1.90. The van der Waals surface area contributed by atoms with Crippen LogP contribution in [0.2, 0.25) is 0 Å². The van der Waals surface area contributed by atoms with Crippen molar-refractivity contribution in [3.63, 3.8) is 0 Å². The van der Waals surface area contributed by atoms with E-state index in [2.05, 4.69) is 16.4 Å². The zero-order valence-corrected chi connectivity index (χ0v) is 10.9. The Morgan fingerprint density at radius 1 is 1.47 bits per heavy atom. The molecule has 1 fully saturated rings. The van der Waals surface area contributed by atoms with Gasteiger partial charge in [0, 0.05) is 41.8 Å². The Morgan fingerprint density at radius 2 is 2.26 bits per heavy atom. The van der Waals surface area contributed by atoms with Crippen LogP contribution in [-0.4, -0.2) is 35.0 Å². The number of rotatable bonds is 3. The lowest BCUT2D eigenvalue weighted by molar-refractivity contribution is 0.203. The fraction of sp³-hybridized carbons (Fsp3) is 0.357. The summed E-state index contributed by atoms with van der Waals surface area (Å²) in [4.78, 5) is 17.0. The lowest BCUT2D eigenvalue weighted by atomic mass is 10.1. The molecule has 2 aromatic rings. The number of fused-ring (bicyclic) bond motifs is 1. The van der Waals surface area contributed by atoms with Crippen LogP contribution in [0.4, 0.5) is 4.79 Å². The number of para-hydroxylation sites is 1. The van der Waals surface area contributed by atoms with E-state index in [9.17, 15) is 4.79 Å². The predicted molar refractivity (Wildman–Crippen MR) is 74.8 cm³/mol. The van der Waals surface area contributed by atoms with Crippen molar-refractivity contribution in [3.8, 4) is 0 Å². The second-order valence-corrected chi connectivity index (χ2v) is 5.03. The molecule has 1 aliphatic heterocycles. The standard InChI is InChI=1S/C14H18N4O/c1-9(6-15)18-8-13(17-14(18)19)11-7-16-12-5-3-2-4-10(11)12/h2-5,7,9,13,16H,6,8,15H2,1H3,(H,17,19). The maximum Gasteiger partial charge on any atom is 0.318 e. The second-order valence-electron chi connectivity index (χ2n) is 5.03. The SMILES string of the molecule is CC(CN)N1CC(c2c[nH]c3ccccc23)NC1=O. The van der Waals surface area contributed by atoms with Gasteiger partial charge >= 0.3 is 6.03 Å². The van der Waals surface area contributed by atoms with E-state index in [0.717, 1.165) is 16.5 Å². The van der Waals surface area contributed by atoms with Gasteiger partial charge in [0.25, 0.3) is 0 Å². The first-order valence-electron chi connectivity index (χ1n) is 6.54. The molecule has 4 N–H and O–H groups in total. The molecular weight excluding hydrogens is 240 g/mol. The minimum absolute atomic E-state index is 0.0256. The number of nitrogens with one attached hydrogen (secondary N) is 2. The highest BCUT2D eigenvalue weighted by Crippen LogP contribution is 2.28. The molecule has 3 rings (SSSR count). The number of aromatic amines is 1. The summed E-state index contributed by atoms with van der Waals surface area (Å²) in [6.07, 6.45) is 1.98. The van der Waals surface area contributed by atoms with Gasteiger partial charge in [0.05, 0.1) is 6.04 Å². The van der Waals surface area contributed by atoms with Gasteiger partial charge in [-0.15, -0.1) is 0 Å². The quantitative estimate of drug-likeness (QED) is 0.782. The maximum atomic E-state index is 12.0. The summed E-state index contributed by atoms with van der Waals surface area (Å²) in [7, 11) is 0. The third kappa shape index (κ3) is 1.96. The van der Waals surface area contributed by atoms with Crippen LogP contribution >= 0.6 is 0 Å². The van der Waals surface area contributed by atoms with E-state index in [1.807, 2.05) is 31.3 Å². The van der Waals surface area contributed by atoms with Gasteiger partial charge < -0.3 is 20.9 Å². The summed E-state index contributed by atoms with van der Waals surface area (Å²) in [5, 5.41) is 4.19. The molecule has 2 atom stereocenters. The molecule has 2 heterocycles. The Morgan fingerprint density at radius 3 is 3.05 bits per heavy atom. The van der Waals surface area contributed by atoms with Gasteiger partial charge in [0.2, 0.25) is 0 Å². The molecule has 2 unspecified atom stereocenters. The Kier molecular flexibility index (Phi) is 2.91. The van der Waals surface area contributed by atoms with Crippen molar-refractivity contribution in [2.45, 2.75) is 19.0 Å². The van der Waals surface area contributed by atoms with Crippen LogP contribution in [0, 0.1) is 0 Å². The van der Waals surface area contributed by atoms with Crippen LogP contribution in [0.15, 0.2) is 30.5 Å². The maximum absolute atomic E-state index is 12.0. The zero-order chi connectivity index (χ0) is 13.4. The van der Waals surface area contributed by atoms with E-state index < -0.39 is 0 Å². The van der Waals surface area contributed by atoms with Gasteiger partial charge in [-0.05, 0) is 13.0 Å². The van der Waals surface area contributed by atoms with E-state index in [-0.39, 0.29) is 18.1 Å².